The first-order valence-corrected chi connectivity index (χ1v) is 7.01. The van der Waals surface area contributed by atoms with Crippen molar-refractivity contribution in [2.45, 2.75) is 36.3 Å². The predicted molar refractivity (Wildman–Crippen MR) is 72.0 cm³/mol. The predicted octanol–water partition coefficient (Wildman–Crippen LogP) is 2.41. The molecule has 5 heteroatoms. The number of benzene rings is 1. The van der Waals surface area contributed by atoms with Crippen molar-refractivity contribution in [1.29, 1.82) is 0 Å². The van der Waals surface area contributed by atoms with E-state index in [0.29, 0.717) is 17.4 Å². The summed E-state index contributed by atoms with van der Waals surface area (Å²) in [4.78, 5) is 12.7. The molecule has 19 heavy (non-hydrogen) atoms. The van der Waals surface area contributed by atoms with Gasteiger partial charge in [-0.25, -0.2) is 4.39 Å². The van der Waals surface area contributed by atoms with Crippen LogP contribution in [0.3, 0.4) is 0 Å². The molecule has 1 saturated carbocycles. The Morgan fingerprint density at radius 2 is 2.16 bits per heavy atom. The third kappa shape index (κ3) is 2.77. The molecule has 1 aromatic carbocycles. The Morgan fingerprint density at radius 3 is 2.89 bits per heavy atom. The summed E-state index contributed by atoms with van der Waals surface area (Å²) in [5.41, 5.74) is 0.0500. The van der Waals surface area contributed by atoms with Gasteiger partial charge in [-0.3, -0.25) is 4.79 Å². The second-order valence-electron chi connectivity index (χ2n) is 5.21. The minimum atomic E-state index is -0.516. The number of rotatable bonds is 3. The van der Waals surface area contributed by atoms with Crippen LogP contribution in [0.1, 0.15) is 29.6 Å². The molecule has 2 atom stereocenters. The number of nitrogens with one attached hydrogen (secondary N) is 1. The van der Waals surface area contributed by atoms with Crippen LogP contribution in [0.25, 0.3) is 0 Å². The smallest absolute Gasteiger partial charge is 0.254 e. The third-order valence-electron chi connectivity index (χ3n) is 3.73. The molecule has 1 aliphatic carbocycles. The largest absolute Gasteiger partial charge is 0.376 e. The summed E-state index contributed by atoms with van der Waals surface area (Å²) in [6.45, 7) is 0.668. The van der Waals surface area contributed by atoms with Crippen molar-refractivity contribution in [3.05, 3.63) is 29.6 Å². The summed E-state index contributed by atoms with van der Waals surface area (Å²) < 4.78 is 19.3. The molecule has 2 fully saturated rings. The van der Waals surface area contributed by atoms with Gasteiger partial charge < -0.3 is 10.1 Å². The van der Waals surface area contributed by atoms with Gasteiger partial charge >= 0.3 is 0 Å². The highest BCUT2D eigenvalue weighted by Crippen LogP contribution is 2.38. The van der Waals surface area contributed by atoms with Gasteiger partial charge in [0.05, 0.1) is 17.7 Å². The quantitative estimate of drug-likeness (QED) is 0.835. The molecule has 0 aromatic heterocycles. The number of carbonyl (C=O) groups is 1. The van der Waals surface area contributed by atoms with Crippen molar-refractivity contribution >= 4 is 18.5 Å². The fourth-order valence-electron chi connectivity index (χ4n) is 2.59. The minimum Gasteiger partial charge on any atom is -0.376 e. The highest BCUT2D eigenvalue weighted by Gasteiger charge is 2.41. The van der Waals surface area contributed by atoms with Crippen molar-refractivity contribution in [2.75, 3.05) is 6.61 Å². The van der Waals surface area contributed by atoms with E-state index in [4.69, 9.17) is 4.74 Å². The molecular formula is C14H16FNO2S. The zero-order valence-corrected chi connectivity index (χ0v) is 11.3. The molecule has 3 rings (SSSR count). The van der Waals surface area contributed by atoms with Gasteiger partial charge in [-0.1, -0.05) is 0 Å². The van der Waals surface area contributed by atoms with E-state index in [0.717, 1.165) is 19.3 Å². The topological polar surface area (TPSA) is 38.3 Å². The summed E-state index contributed by atoms with van der Waals surface area (Å²) in [5, 5.41) is 2.90. The van der Waals surface area contributed by atoms with Crippen LogP contribution in [0.5, 0.6) is 0 Å². The SMILES string of the molecule is O=C(NC1CCOC1C1CC1)c1cc(S)ccc1F. The first-order chi connectivity index (χ1) is 9.15. The van der Waals surface area contributed by atoms with Gasteiger partial charge in [-0.2, -0.15) is 0 Å². The lowest BCUT2D eigenvalue weighted by molar-refractivity contribution is 0.0727. The molecule has 1 aromatic rings. The summed E-state index contributed by atoms with van der Waals surface area (Å²) in [6.07, 6.45) is 3.23. The Morgan fingerprint density at radius 1 is 1.37 bits per heavy atom. The van der Waals surface area contributed by atoms with Gasteiger partial charge in [0, 0.05) is 11.5 Å². The van der Waals surface area contributed by atoms with Crippen molar-refractivity contribution < 1.29 is 13.9 Å². The van der Waals surface area contributed by atoms with E-state index in [2.05, 4.69) is 17.9 Å². The number of halogens is 1. The lowest BCUT2D eigenvalue weighted by Crippen LogP contribution is -2.41. The van der Waals surface area contributed by atoms with E-state index in [1.807, 2.05) is 0 Å². The van der Waals surface area contributed by atoms with Crippen LogP contribution < -0.4 is 5.32 Å². The zero-order valence-electron chi connectivity index (χ0n) is 10.4. The fourth-order valence-corrected chi connectivity index (χ4v) is 2.79. The van der Waals surface area contributed by atoms with E-state index in [1.165, 1.54) is 18.2 Å². The Labute approximate surface area is 116 Å². The lowest BCUT2D eigenvalue weighted by Gasteiger charge is -2.19. The minimum absolute atomic E-state index is 0.00275. The molecule has 1 heterocycles. The van der Waals surface area contributed by atoms with Crippen molar-refractivity contribution in [2.24, 2.45) is 5.92 Å². The molecule has 102 valence electrons. The van der Waals surface area contributed by atoms with Gasteiger partial charge in [0.25, 0.3) is 5.91 Å². The maximum absolute atomic E-state index is 13.6. The molecule has 3 nitrogen and oxygen atoms in total. The second kappa shape index (κ2) is 5.13. The average molecular weight is 281 g/mol. The molecule has 1 N–H and O–H groups in total. The highest BCUT2D eigenvalue weighted by atomic mass is 32.1. The number of thiol groups is 1. The number of ether oxygens (including phenoxy) is 1. The van der Waals surface area contributed by atoms with Gasteiger partial charge in [0.1, 0.15) is 5.82 Å². The normalized spacial score (nSPS) is 26.4. The molecule has 1 aliphatic heterocycles. The standard InChI is InChI=1S/C14H16FNO2S/c15-11-4-3-9(19)7-10(11)14(17)16-12-5-6-18-13(12)8-1-2-8/h3-4,7-8,12-13,19H,1-2,5-6H2,(H,16,17). The molecule has 2 unspecified atom stereocenters. The average Bonchev–Trinajstić information content (AvgIpc) is 3.13. The molecule has 0 bridgehead atoms. The maximum atomic E-state index is 13.6. The highest BCUT2D eigenvalue weighted by molar-refractivity contribution is 7.80. The molecule has 1 saturated heterocycles. The summed E-state index contributed by atoms with van der Waals surface area (Å²) in [6, 6.07) is 4.25. The van der Waals surface area contributed by atoms with Gasteiger partial charge in [-0.05, 0) is 43.4 Å². The van der Waals surface area contributed by atoms with Crippen LogP contribution >= 0.6 is 12.6 Å². The van der Waals surface area contributed by atoms with E-state index in [1.54, 1.807) is 0 Å². The van der Waals surface area contributed by atoms with Gasteiger partial charge in [-0.15, -0.1) is 12.6 Å². The van der Waals surface area contributed by atoms with Crippen molar-refractivity contribution in [3.8, 4) is 0 Å². The van der Waals surface area contributed by atoms with Crippen LogP contribution in [0.15, 0.2) is 23.1 Å². The van der Waals surface area contributed by atoms with E-state index in [-0.39, 0.29) is 23.6 Å². The lowest BCUT2D eigenvalue weighted by atomic mass is 10.1. The Hall–Kier alpha value is -1.07. The Balaban J connectivity index is 1.72. The van der Waals surface area contributed by atoms with E-state index >= 15 is 0 Å². The zero-order chi connectivity index (χ0) is 13.4. The number of hydrogen-bond donors (Lipinski definition) is 2. The van der Waals surface area contributed by atoms with Crippen molar-refractivity contribution in [3.63, 3.8) is 0 Å². The van der Waals surface area contributed by atoms with Crippen LogP contribution in [-0.4, -0.2) is 24.7 Å². The molecule has 0 spiro atoms. The molecule has 0 radical (unpaired) electrons. The third-order valence-corrected chi connectivity index (χ3v) is 4.01. The number of amides is 1. The number of carbonyl (C=O) groups excluding carboxylic acids is 1. The Bertz CT molecular complexity index is 504. The molecule has 2 aliphatic rings. The summed E-state index contributed by atoms with van der Waals surface area (Å²) in [5.74, 6) is -0.333. The second-order valence-corrected chi connectivity index (χ2v) is 5.72. The van der Waals surface area contributed by atoms with Gasteiger partial charge in [0.15, 0.2) is 0 Å². The maximum Gasteiger partial charge on any atom is 0.254 e. The Kier molecular flexibility index (Phi) is 3.50. The summed E-state index contributed by atoms with van der Waals surface area (Å²) >= 11 is 4.13. The van der Waals surface area contributed by atoms with Crippen LogP contribution in [0, 0.1) is 11.7 Å². The molecular weight excluding hydrogens is 265 g/mol. The van der Waals surface area contributed by atoms with Crippen LogP contribution in [0.2, 0.25) is 0 Å². The van der Waals surface area contributed by atoms with E-state index in [9.17, 15) is 9.18 Å². The summed E-state index contributed by atoms with van der Waals surface area (Å²) in [7, 11) is 0. The fraction of sp³-hybridized carbons (Fsp3) is 0.500. The van der Waals surface area contributed by atoms with E-state index < -0.39 is 5.82 Å². The van der Waals surface area contributed by atoms with Crippen LogP contribution in [-0.2, 0) is 4.74 Å². The number of hydrogen-bond acceptors (Lipinski definition) is 3. The molecule has 1 amide bonds. The first-order valence-electron chi connectivity index (χ1n) is 6.56. The van der Waals surface area contributed by atoms with Crippen molar-refractivity contribution in [1.82, 2.24) is 5.32 Å². The van der Waals surface area contributed by atoms with Crippen LogP contribution in [0.4, 0.5) is 4.39 Å². The van der Waals surface area contributed by atoms with Gasteiger partial charge in [0.2, 0.25) is 0 Å². The first kappa shape index (κ1) is 12.9. The monoisotopic (exact) mass is 281 g/mol.